The van der Waals surface area contributed by atoms with Crippen molar-refractivity contribution in [3.63, 3.8) is 0 Å². The third-order valence-corrected chi connectivity index (χ3v) is 6.39. The monoisotopic (exact) mass is 437 g/mol. The molecule has 0 spiro atoms. The molecular formula is C27H27N5O. The minimum atomic E-state index is -0.0815. The van der Waals surface area contributed by atoms with Gasteiger partial charge in [-0.3, -0.25) is 4.79 Å². The zero-order valence-corrected chi connectivity index (χ0v) is 19.4. The van der Waals surface area contributed by atoms with E-state index >= 15 is 0 Å². The van der Waals surface area contributed by atoms with Crippen molar-refractivity contribution in [2.45, 2.75) is 26.3 Å². The van der Waals surface area contributed by atoms with Gasteiger partial charge in [0.15, 0.2) is 0 Å². The highest BCUT2D eigenvalue weighted by atomic mass is 16.1. The van der Waals surface area contributed by atoms with Crippen molar-refractivity contribution in [3.8, 4) is 11.1 Å². The molecule has 0 aliphatic heterocycles. The van der Waals surface area contributed by atoms with E-state index in [1.165, 1.54) is 0 Å². The van der Waals surface area contributed by atoms with Gasteiger partial charge in [0.05, 0.1) is 23.7 Å². The maximum Gasteiger partial charge on any atom is 0.251 e. The Morgan fingerprint density at radius 2 is 1.91 bits per heavy atom. The summed E-state index contributed by atoms with van der Waals surface area (Å²) >= 11 is 0. The van der Waals surface area contributed by atoms with Crippen LogP contribution >= 0.6 is 0 Å². The SMILES string of the molecule is CCc1nccn1C(c1ccc2c(c1)c(-c1cccc(C)c1)cc(=O)n2C)c1cncn1C. The Kier molecular flexibility index (Phi) is 5.21. The highest BCUT2D eigenvalue weighted by molar-refractivity contribution is 5.95. The Labute approximate surface area is 192 Å². The highest BCUT2D eigenvalue weighted by Gasteiger charge is 2.23. The molecule has 33 heavy (non-hydrogen) atoms. The summed E-state index contributed by atoms with van der Waals surface area (Å²) in [6.07, 6.45) is 8.45. The predicted octanol–water partition coefficient (Wildman–Crippen LogP) is 4.64. The van der Waals surface area contributed by atoms with Crippen LogP contribution in [-0.2, 0) is 20.5 Å². The third-order valence-electron chi connectivity index (χ3n) is 6.39. The second-order valence-electron chi connectivity index (χ2n) is 8.54. The number of nitrogens with zero attached hydrogens (tertiary/aromatic N) is 5. The molecule has 0 saturated heterocycles. The molecule has 166 valence electrons. The van der Waals surface area contributed by atoms with Crippen LogP contribution in [0.25, 0.3) is 22.0 Å². The maximum atomic E-state index is 12.8. The molecular weight excluding hydrogens is 410 g/mol. The van der Waals surface area contributed by atoms with Crippen LogP contribution in [0.4, 0.5) is 0 Å². The van der Waals surface area contributed by atoms with E-state index in [2.05, 4.69) is 69.3 Å². The molecule has 3 heterocycles. The molecule has 2 aromatic carbocycles. The molecule has 0 aliphatic rings. The predicted molar refractivity (Wildman–Crippen MR) is 131 cm³/mol. The van der Waals surface area contributed by atoms with Crippen molar-refractivity contribution in [1.82, 2.24) is 23.7 Å². The number of aromatic nitrogens is 5. The number of fused-ring (bicyclic) bond motifs is 1. The van der Waals surface area contributed by atoms with Gasteiger partial charge in [-0.2, -0.15) is 0 Å². The van der Waals surface area contributed by atoms with E-state index in [-0.39, 0.29) is 11.6 Å². The maximum absolute atomic E-state index is 12.8. The second-order valence-corrected chi connectivity index (χ2v) is 8.54. The summed E-state index contributed by atoms with van der Waals surface area (Å²) in [5, 5.41) is 1.05. The Bertz CT molecular complexity index is 1520. The number of imidazole rings is 2. The third kappa shape index (κ3) is 3.57. The fraction of sp³-hybridized carbons (Fsp3) is 0.222. The molecule has 6 heteroatoms. The molecule has 1 atom stereocenters. The summed E-state index contributed by atoms with van der Waals surface area (Å²) in [6.45, 7) is 4.19. The quantitative estimate of drug-likeness (QED) is 0.402. The van der Waals surface area contributed by atoms with Crippen LogP contribution in [0.3, 0.4) is 0 Å². The van der Waals surface area contributed by atoms with Crippen molar-refractivity contribution in [1.29, 1.82) is 0 Å². The molecule has 5 rings (SSSR count). The largest absolute Gasteiger partial charge is 0.336 e. The molecule has 5 aromatic rings. The number of aryl methyl sites for hydroxylation is 4. The summed E-state index contributed by atoms with van der Waals surface area (Å²) in [5.41, 5.74) is 6.24. The highest BCUT2D eigenvalue weighted by Crippen LogP contribution is 2.33. The Morgan fingerprint density at radius 1 is 1.06 bits per heavy atom. The second kappa shape index (κ2) is 8.20. The van der Waals surface area contributed by atoms with Crippen molar-refractivity contribution < 1.29 is 0 Å². The van der Waals surface area contributed by atoms with Crippen molar-refractivity contribution >= 4 is 10.9 Å². The zero-order valence-electron chi connectivity index (χ0n) is 19.4. The van der Waals surface area contributed by atoms with Gasteiger partial charge in [0.2, 0.25) is 0 Å². The van der Waals surface area contributed by atoms with E-state index in [4.69, 9.17) is 0 Å². The van der Waals surface area contributed by atoms with E-state index in [0.717, 1.165) is 51.1 Å². The van der Waals surface area contributed by atoms with Crippen LogP contribution in [0.15, 0.2) is 78.2 Å². The van der Waals surface area contributed by atoms with Gasteiger partial charge in [-0.1, -0.05) is 42.8 Å². The summed E-state index contributed by atoms with van der Waals surface area (Å²) < 4.78 is 5.98. The molecule has 0 amide bonds. The van der Waals surface area contributed by atoms with Crippen LogP contribution in [-0.4, -0.2) is 23.7 Å². The first-order valence-corrected chi connectivity index (χ1v) is 11.2. The topological polar surface area (TPSA) is 57.6 Å². The van der Waals surface area contributed by atoms with Crippen LogP contribution in [0.5, 0.6) is 0 Å². The average molecular weight is 438 g/mol. The van der Waals surface area contributed by atoms with E-state index in [9.17, 15) is 4.79 Å². The smallest absolute Gasteiger partial charge is 0.251 e. The first-order valence-electron chi connectivity index (χ1n) is 11.2. The molecule has 0 bridgehead atoms. The number of hydrogen-bond donors (Lipinski definition) is 0. The summed E-state index contributed by atoms with van der Waals surface area (Å²) in [6, 6.07) is 16.3. The standard InChI is InChI=1S/C27H27N5O/c1-5-25-29-11-12-32(25)27(24-16-28-17-30(24)3)20-9-10-23-22(14-20)21(15-26(33)31(23)4)19-8-6-7-18(2)13-19/h6-17,27H,5H2,1-4H3. The van der Waals surface area contributed by atoms with E-state index < -0.39 is 0 Å². The van der Waals surface area contributed by atoms with Crippen LogP contribution in [0, 0.1) is 6.92 Å². The molecule has 6 nitrogen and oxygen atoms in total. The Balaban J connectivity index is 1.80. The van der Waals surface area contributed by atoms with Crippen molar-refractivity contribution in [2.24, 2.45) is 14.1 Å². The van der Waals surface area contributed by atoms with E-state index in [1.807, 2.05) is 45.1 Å². The van der Waals surface area contributed by atoms with Gasteiger partial charge in [-0.05, 0) is 35.7 Å². The van der Waals surface area contributed by atoms with Gasteiger partial charge >= 0.3 is 0 Å². The zero-order chi connectivity index (χ0) is 23.1. The molecule has 0 N–H and O–H groups in total. The fourth-order valence-corrected chi connectivity index (χ4v) is 4.66. The van der Waals surface area contributed by atoms with E-state index in [0.29, 0.717) is 0 Å². The summed E-state index contributed by atoms with van der Waals surface area (Å²) in [7, 11) is 3.84. The summed E-state index contributed by atoms with van der Waals surface area (Å²) in [4.78, 5) is 21.7. The number of benzene rings is 2. The molecule has 3 aromatic heterocycles. The van der Waals surface area contributed by atoms with Crippen molar-refractivity contribution in [2.75, 3.05) is 0 Å². The van der Waals surface area contributed by atoms with Crippen molar-refractivity contribution in [3.05, 3.63) is 106 Å². The lowest BCUT2D eigenvalue weighted by Gasteiger charge is -2.23. The molecule has 0 fully saturated rings. The normalized spacial score (nSPS) is 12.4. The number of rotatable bonds is 5. The minimum Gasteiger partial charge on any atom is -0.336 e. The molecule has 0 aliphatic carbocycles. The van der Waals surface area contributed by atoms with Crippen LogP contribution < -0.4 is 5.56 Å². The lowest BCUT2D eigenvalue weighted by molar-refractivity contribution is 0.600. The number of hydrogen-bond acceptors (Lipinski definition) is 3. The van der Waals surface area contributed by atoms with Gasteiger partial charge in [0.1, 0.15) is 11.9 Å². The van der Waals surface area contributed by atoms with Gasteiger partial charge < -0.3 is 13.7 Å². The van der Waals surface area contributed by atoms with Gasteiger partial charge in [-0.25, -0.2) is 9.97 Å². The molecule has 1 unspecified atom stereocenters. The summed E-state index contributed by atoms with van der Waals surface area (Å²) in [5.74, 6) is 1.01. The van der Waals surface area contributed by atoms with Crippen LogP contribution in [0.2, 0.25) is 0 Å². The first kappa shape index (κ1) is 20.9. The van der Waals surface area contributed by atoms with Gasteiger partial charge in [-0.15, -0.1) is 0 Å². The van der Waals surface area contributed by atoms with E-state index in [1.54, 1.807) is 10.6 Å². The van der Waals surface area contributed by atoms with Gasteiger partial charge in [0.25, 0.3) is 5.56 Å². The lowest BCUT2D eigenvalue weighted by Crippen LogP contribution is -2.19. The fourth-order valence-electron chi connectivity index (χ4n) is 4.66. The van der Waals surface area contributed by atoms with Crippen LogP contribution in [0.1, 0.15) is 35.6 Å². The Morgan fingerprint density at radius 3 is 2.64 bits per heavy atom. The minimum absolute atomic E-state index is 0.0159. The average Bonchev–Trinajstić information content (AvgIpc) is 3.46. The molecule has 0 radical (unpaired) electrons. The Hall–Kier alpha value is -3.93. The molecule has 0 saturated carbocycles. The lowest BCUT2D eigenvalue weighted by atomic mass is 9.95. The van der Waals surface area contributed by atoms with Gasteiger partial charge in [0, 0.05) is 44.4 Å². The number of pyridine rings is 1. The first-order chi connectivity index (χ1) is 16.0.